The van der Waals surface area contributed by atoms with E-state index in [2.05, 4.69) is 134 Å². The average molecular weight is 560 g/mol. The minimum absolute atomic E-state index is 0.0387. The molecule has 5 atom stereocenters. The molecule has 0 aromatic heterocycles. The second-order valence-corrected chi connectivity index (χ2v) is 14.8. The Morgan fingerprint density at radius 1 is 0.905 bits per heavy atom. The van der Waals surface area contributed by atoms with Crippen molar-refractivity contribution in [2.75, 3.05) is 14.2 Å². The van der Waals surface area contributed by atoms with Crippen LogP contribution in [0.25, 0.3) is 21.5 Å². The van der Waals surface area contributed by atoms with Crippen molar-refractivity contribution in [3.63, 3.8) is 0 Å². The van der Waals surface area contributed by atoms with Crippen molar-refractivity contribution >= 4 is 34.0 Å². The lowest BCUT2D eigenvalue weighted by atomic mass is 9.75. The first-order chi connectivity index (χ1) is 19.7. The topological polar surface area (TPSA) is 44.8 Å². The van der Waals surface area contributed by atoms with Crippen molar-refractivity contribution in [2.45, 2.75) is 88.0 Å². The first kappa shape index (κ1) is 27.5. The van der Waals surface area contributed by atoms with E-state index in [1.807, 2.05) is 0 Å². The van der Waals surface area contributed by atoms with E-state index in [9.17, 15) is 5.11 Å². The van der Waals surface area contributed by atoms with Gasteiger partial charge in [0, 0.05) is 25.0 Å². The van der Waals surface area contributed by atoms with E-state index >= 15 is 0 Å². The summed E-state index contributed by atoms with van der Waals surface area (Å²) in [7, 11) is 3.76. The minimum atomic E-state index is -1.34. The third-order valence-electron chi connectivity index (χ3n) is 11.7. The molecule has 0 amide bonds. The maximum Gasteiger partial charge on any atom is 0.249 e. The summed E-state index contributed by atoms with van der Waals surface area (Å²) in [5, 5.41) is 17.0. The molecule has 1 fully saturated rings. The molecule has 4 nitrogen and oxygen atoms in total. The zero-order valence-corrected chi connectivity index (χ0v) is 26.5. The summed E-state index contributed by atoms with van der Waals surface area (Å²) in [4.78, 5) is 4.90. The molecule has 1 saturated carbocycles. The van der Waals surface area contributed by atoms with Crippen LogP contribution in [0, 0.1) is 0 Å². The minimum Gasteiger partial charge on any atom is -0.359 e. The van der Waals surface area contributed by atoms with Crippen molar-refractivity contribution in [3.8, 4) is 0 Å². The predicted octanol–water partition coefficient (Wildman–Crippen LogP) is 7.24. The summed E-state index contributed by atoms with van der Waals surface area (Å²) in [6.45, 7) is 20.0. The van der Waals surface area contributed by atoms with Crippen LogP contribution in [0.4, 0.5) is 0 Å². The van der Waals surface area contributed by atoms with E-state index in [0.29, 0.717) is 0 Å². The summed E-state index contributed by atoms with van der Waals surface area (Å²) >= 11 is 0. The van der Waals surface area contributed by atoms with Crippen LogP contribution in [0.2, 0.25) is 0 Å². The highest BCUT2D eigenvalue weighted by atomic mass is 16.6. The lowest BCUT2D eigenvalue weighted by molar-refractivity contribution is -0.572. The number of nitrogens with zero attached hydrogens (tertiary/aromatic N) is 2. The number of likely N-dealkylation sites (N-methyl/N-ethyl adjacent to an activating group) is 1. The third-order valence-corrected chi connectivity index (χ3v) is 11.7. The maximum atomic E-state index is 12.1. The molecule has 0 radical (unpaired) electrons. The van der Waals surface area contributed by atoms with Gasteiger partial charge in [0.1, 0.15) is 12.5 Å². The van der Waals surface area contributed by atoms with Crippen LogP contribution in [-0.4, -0.2) is 53.6 Å². The molecule has 4 aromatic carbocycles. The number of hydrogen-bond donors (Lipinski definition) is 1. The van der Waals surface area contributed by atoms with E-state index in [4.69, 9.17) is 9.73 Å². The second kappa shape index (κ2) is 8.18. The summed E-state index contributed by atoms with van der Waals surface area (Å²) < 4.78 is 8.30. The normalized spacial score (nSPS) is 31.2. The zero-order chi connectivity index (χ0) is 30.2. The number of rotatable bonds is 3. The van der Waals surface area contributed by atoms with E-state index in [1.54, 1.807) is 7.11 Å². The van der Waals surface area contributed by atoms with E-state index in [1.165, 1.54) is 43.9 Å². The Hall–Kier alpha value is -3.34. The smallest absolute Gasteiger partial charge is 0.249 e. The number of ether oxygens (including phenoxy) is 1. The number of benzene rings is 4. The Labute approximate surface area is 249 Å². The molecule has 7 rings (SSSR count). The highest BCUT2D eigenvalue weighted by Crippen LogP contribution is 2.70. The van der Waals surface area contributed by atoms with Gasteiger partial charge in [-0.05, 0) is 75.0 Å². The molecule has 216 valence electrons. The monoisotopic (exact) mass is 559 g/mol. The Bertz CT molecular complexity index is 1880. The van der Waals surface area contributed by atoms with Gasteiger partial charge in [0.15, 0.2) is 5.71 Å². The highest BCUT2D eigenvalue weighted by Gasteiger charge is 2.94. The summed E-state index contributed by atoms with van der Waals surface area (Å²) in [5.41, 5.74) is 5.98. The Kier molecular flexibility index (Phi) is 5.35. The van der Waals surface area contributed by atoms with Crippen LogP contribution >= 0.6 is 0 Å². The number of aliphatic imine (C=N–C) groups is 1. The molecule has 42 heavy (non-hydrogen) atoms. The molecule has 4 heteroatoms. The summed E-state index contributed by atoms with van der Waals surface area (Å²) in [6, 6.07) is 24.5. The van der Waals surface area contributed by atoms with Crippen molar-refractivity contribution in [1.29, 1.82) is 0 Å². The molecule has 5 unspecified atom stereocenters. The maximum absolute atomic E-state index is 12.1. The van der Waals surface area contributed by atoms with E-state index < -0.39 is 16.7 Å². The second-order valence-electron chi connectivity index (χ2n) is 14.8. The Morgan fingerprint density at radius 3 is 2.17 bits per heavy atom. The molecular weight excluding hydrogens is 516 g/mol. The first-order valence-electron chi connectivity index (χ1n) is 15.1. The molecule has 0 bridgehead atoms. The van der Waals surface area contributed by atoms with Crippen LogP contribution < -0.4 is 0 Å². The quantitative estimate of drug-likeness (QED) is 0.163. The lowest BCUT2D eigenvalue weighted by Gasteiger charge is -2.32. The number of fused-ring (bicyclic) bond motifs is 7. The van der Waals surface area contributed by atoms with E-state index in [0.717, 1.165) is 11.1 Å². The van der Waals surface area contributed by atoms with Gasteiger partial charge in [-0.1, -0.05) is 89.2 Å². The van der Waals surface area contributed by atoms with Crippen LogP contribution in [0.1, 0.15) is 82.2 Å². The molecular formula is C38H43N2O2+. The van der Waals surface area contributed by atoms with Gasteiger partial charge in [-0.15, -0.1) is 0 Å². The Balaban J connectivity index is 1.58. The SMILES string of the molecule is C=NC1C(C2=[N+](C)C3(C)C(O)(OC)C3(C)c3cc4ccccc4cc32)c2ccc3ccc(C(C)(C)C)cc3c2C1(C)C. The number of hydrogen-bond acceptors (Lipinski definition) is 3. The average Bonchev–Trinajstić information content (AvgIpc) is 3.24. The van der Waals surface area contributed by atoms with Crippen LogP contribution in [0.3, 0.4) is 0 Å². The molecule has 1 aliphatic heterocycles. The zero-order valence-electron chi connectivity index (χ0n) is 26.5. The van der Waals surface area contributed by atoms with Crippen LogP contribution in [0.5, 0.6) is 0 Å². The Morgan fingerprint density at radius 2 is 1.55 bits per heavy atom. The molecule has 3 aliphatic rings. The fourth-order valence-electron chi connectivity index (χ4n) is 9.04. The molecule has 0 spiro atoms. The first-order valence-corrected chi connectivity index (χ1v) is 15.1. The van der Waals surface area contributed by atoms with Gasteiger partial charge in [0.2, 0.25) is 11.3 Å². The molecule has 4 aromatic rings. The third kappa shape index (κ3) is 2.95. The summed E-state index contributed by atoms with van der Waals surface area (Å²) in [6.07, 6.45) is 0. The highest BCUT2D eigenvalue weighted by molar-refractivity contribution is 6.10. The predicted molar refractivity (Wildman–Crippen MR) is 174 cm³/mol. The molecule has 0 saturated heterocycles. The molecule has 1 N–H and O–H groups in total. The van der Waals surface area contributed by atoms with Gasteiger partial charge >= 0.3 is 0 Å². The lowest BCUT2D eigenvalue weighted by Crippen LogP contribution is -2.45. The van der Waals surface area contributed by atoms with Crippen molar-refractivity contribution < 1.29 is 14.4 Å². The fourth-order valence-corrected chi connectivity index (χ4v) is 9.04. The summed E-state index contributed by atoms with van der Waals surface area (Å²) in [5.74, 6) is -1.38. The van der Waals surface area contributed by atoms with E-state index in [-0.39, 0.29) is 22.8 Å². The standard InChI is InChI=1S/C38H43N2O2/c1-34(2,3)25-17-15-22-16-18-26-30(33(39-8)35(4,5)31(26)27(22)21-25)32-28-19-23-13-11-12-14-24(23)20-29(28)36(6)37(7,40(32)9)38(36,41)42-10/h11-21,30,33,41H,8H2,1-7,9-10H3/q+1. The van der Waals surface area contributed by atoms with Gasteiger partial charge in [-0.25, -0.2) is 4.58 Å². The van der Waals surface area contributed by atoms with Crippen molar-refractivity contribution in [2.24, 2.45) is 4.99 Å². The fraction of sp³-hybridized carbons (Fsp3) is 0.421. The van der Waals surface area contributed by atoms with Gasteiger partial charge in [-0.2, -0.15) is 0 Å². The van der Waals surface area contributed by atoms with Gasteiger partial charge in [0.05, 0.1) is 12.0 Å². The number of aliphatic hydroxyl groups is 1. The van der Waals surface area contributed by atoms with Crippen LogP contribution in [0.15, 0.2) is 71.7 Å². The number of methoxy groups -OCH3 is 1. The van der Waals surface area contributed by atoms with Gasteiger partial charge in [0.25, 0.3) is 0 Å². The van der Waals surface area contributed by atoms with Crippen molar-refractivity contribution in [1.82, 2.24) is 0 Å². The van der Waals surface area contributed by atoms with Gasteiger partial charge in [-0.3, -0.25) is 4.99 Å². The van der Waals surface area contributed by atoms with Crippen molar-refractivity contribution in [3.05, 3.63) is 94.5 Å². The largest absolute Gasteiger partial charge is 0.359 e. The van der Waals surface area contributed by atoms with Crippen LogP contribution in [-0.2, 0) is 21.0 Å². The molecule has 2 aliphatic carbocycles. The molecule has 1 heterocycles. The van der Waals surface area contributed by atoms with Gasteiger partial charge < -0.3 is 9.84 Å².